The predicted octanol–water partition coefficient (Wildman–Crippen LogP) is 2.94. The van der Waals surface area contributed by atoms with Gasteiger partial charge in [-0.15, -0.1) is 12.4 Å². The molecule has 112 valence electrons. The van der Waals surface area contributed by atoms with E-state index >= 15 is 0 Å². The Labute approximate surface area is 122 Å². The van der Waals surface area contributed by atoms with Gasteiger partial charge in [-0.3, -0.25) is 0 Å². The Morgan fingerprint density at radius 1 is 1.32 bits per heavy atom. The molecule has 1 amide bonds. The van der Waals surface area contributed by atoms with Crippen LogP contribution in [-0.2, 0) is 4.74 Å². The van der Waals surface area contributed by atoms with Gasteiger partial charge in [0.05, 0.1) is 0 Å². The summed E-state index contributed by atoms with van der Waals surface area (Å²) in [7, 11) is 0. The van der Waals surface area contributed by atoms with Crippen LogP contribution in [0.2, 0.25) is 0 Å². The number of carbonyl (C=O) groups excluding carboxylic acids is 1. The second-order valence-corrected chi connectivity index (χ2v) is 6.62. The number of fused-ring (bicyclic) bond motifs is 1. The Balaban J connectivity index is 0.00000180. The van der Waals surface area contributed by atoms with Crippen LogP contribution in [0, 0.1) is 5.92 Å². The molecule has 2 rings (SSSR count). The first kappa shape index (κ1) is 16.6. The lowest BCUT2D eigenvalue weighted by molar-refractivity contribution is 0.0111. The average Bonchev–Trinajstić information content (AvgIpc) is 2.64. The summed E-state index contributed by atoms with van der Waals surface area (Å²) in [5.41, 5.74) is 5.40. The Hall–Kier alpha value is -0.480. The highest BCUT2D eigenvalue weighted by molar-refractivity contribution is 5.85. The van der Waals surface area contributed by atoms with E-state index in [4.69, 9.17) is 10.5 Å². The maximum absolute atomic E-state index is 12.3. The van der Waals surface area contributed by atoms with Gasteiger partial charge in [0, 0.05) is 18.6 Å². The van der Waals surface area contributed by atoms with Crippen molar-refractivity contribution in [3.05, 3.63) is 0 Å². The Morgan fingerprint density at radius 2 is 1.95 bits per heavy atom. The molecule has 4 nitrogen and oxygen atoms in total. The van der Waals surface area contributed by atoms with E-state index in [9.17, 15) is 4.79 Å². The molecule has 0 aromatic carbocycles. The topological polar surface area (TPSA) is 55.6 Å². The summed E-state index contributed by atoms with van der Waals surface area (Å²) in [6.45, 7) is 6.29. The molecule has 0 aromatic rings. The van der Waals surface area contributed by atoms with Crippen LogP contribution < -0.4 is 5.73 Å². The highest BCUT2D eigenvalue weighted by atomic mass is 35.5. The number of ether oxygens (including phenoxy) is 1. The fourth-order valence-corrected chi connectivity index (χ4v) is 3.37. The maximum atomic E-state index is 12.3. The van der Waals surface area contributed by atoms with Gasteiger partial charge in [0.25, 0.3) is 0 Å². The van der Waals surface area contributed by atoms with Gasteiger partial charge in [-0.25, -0.2) is 4.79 Å². The fourth-order valence-electron chi connectivity index (χ4n) is 3.37. The Morgan fingerprint density at radius 3 is 2.53 bits per heavy atom. The molecule has 2 N–H and O–H groups in total. The van der Waals surface area contributed by atoms with Crippen molar-refractivity contribution in [1.29, 1.82) is 0 Å². The van der Waals surface area contributed by atoms with Gasteiger partial charge in [0.1, 0.15) is 5.60 Å². The van der Waals surface area contributed by atoms with Gasteiger partial charge in [0.15, 0.2) is 0 Å². The standard InChI is InChI=1S/C14H26N2O2.ClH/c1-14(2,3)18-13(17)16-11(9-15)8-10-6-4-5-7-12(10)16;/h10-12H,4-9,15H2,1-3H3;1H/t10-,11-,12-;/m0./s1. The van der Waals surface area contributed by atoms with Gasteiger partial charge in [-0.2, -0.15) is 0 Å². The largest absolute Gasteiger partial charge is 0.444 e. The van der Waals surface area contributed by atoms with Crippen molar-refractivity contribution < 1.29 is 9.53 Å². The molecule has 1 saturated carbocycles. The molecule has 1 saturated heterocycles. The molecule has 1 aliphatic carbocycles. The minimum absolute atomic E-state index is 0. The first-order valence-corrected chi connectivity index (χ1v) is 7.14. The number of nitrogens with two attached hydrogens (primary N) is 1. The number of hydrogen-bond acceptors (Lipinski definition) is 3. The third-order valence-corrected chi connectivity index (χ3v) is 4.07. The van der Waals surface area contributed by atoms with E-state index in [0.717, 1.165) is 12.8 Å². The van der Waals surface area contributed by atoms with Crippen LogP contribution in [-0.4, -0.2) is 35.2 Å². The van der Waals surface area contributed by atoms with Crippen molar-refractivity contribution in [3.8, 4) is 0 Å². The minimum Gasteiger partial charge on any atom is -0.444 e. The molecule has 0 unspecified atom stereocenters. The lowest BCUT2D eigenvalue weighted by atomic mass is 9.85. The number of carbonyl (C=O) groups is 1. The van der Waals surface area contributed by atoms with Crippen LogP contribution in [0.25, 0.3) is 0 Å². The molecule has 19 heavy (non-hydrogen) atoms. The van der Waals surface area contributed by atoms with Crippen molar-refractivity contribution in [2.75, 3.05) is 6.54 Å². The molecule has 3 atom stereocenters. The highest BCUT2D eigenvalue weighted by Gasteiger charge is 2.45. The summed E-state index contributed by atoms with van der Waals surface area (Å²) in [5, 5.41) is 0. The van der Waals surface area contributed by atoms with Crippen LogP contribution in [0.5, 0.6) is 0 Å². The van der Waals surface area contributed by atoms with Gasteiger partial charge < -0.3 is 15.4 Å². The normalized spacial score (nSPS) is 30.5. The number of amides is 1. The van der Waals surface area contributed by atoms with Crippen LogP contribution in [0.1, 0.15) is 52.9 Å². The molecule has 1 heterocycles. The summed E-state index contributed by atoms with van der Waals surface area (Å²) in [6.07, 6.45) is 5.74. The molecular formula is C14H27ClN2O2. The van der Waals surface area contributed by atoms with Crippen molar-refractivity contribution in [1.82, 2.24) is 4.90 Å². The van der Waals surface area contributed by atoms with Crippen LogP contribution in [0.4, 0.5) is 4.79 Å². The van der Waals surface area contributed by atoms with E-state index in [-0.39, 0.29) is 24.5 Å². The average molecular weight is 291 g/mol. The van der Waals surface area contributed by atoms with E-state index in [2.05, 4.69) is 0 Å². The third kappa shape index (κ3) is 3.76. The molecule has 0 aromatic heterocycles. The molecule has 0 bridgehead atoms. The summed E-state index contributed by atoms with van der Waals surface area (Å²) in [4.78, 5) is 14.3. The first-order valence-electron chi connectivity index (χ1n) is 7.14. The van der Waals surface area contributed by atoms with E-state index in [0.29, 0.717) is 18.5 Å². The van der Waals surface area contributed by atoms with E-state index < -0.39 is 5.60 Å². The lowest BCUT2D eigenvalue weighted by Gasteiger charge is -2.35. The second-order valence-electron chi connectivity index (χ2n) is 6.62. The molecule has 0 radical (unpaired) electrons. The zero-order valence-electron chi connectivity index (χ0n) is 12.2. The zero-order chi connectivity index (χ0) is 13.3. The molecule has 0 spiro atoms. The molecule has 1 aliphatic heterocycles. The quantitative estimate of drug-likeness (QED) is 0.808. The summed E-state index contributed by atoms with van der Waals surface area (Å²) < 4.78 is 5.53. The fraction of sp³-hybridized carbons (Fsp3) is 0.929. The Kier molecular flexibility index (Phi) is 5.51. The predicted molar refractivity (Wildman–Crippen MR) is 78.5 cm³/mol. The Bertz CT molecular complexity index is 317. The number of hydrogen-bond donors (Lipinski definition) is 1. The lowest BCUT2D eigenvalue weighted by Crippen LogP contribution is -2.47. The SMILES string of the molecule is CC(C)(C)OC(=O)N1[C@H](CN)C[C@@H]2CCCC[C@@H]21.Cl. The number of likely N-dealkylation sites (tertiary alicyclic amines) is 1. The smallest absolute Gasteiger partial charge is 0.410 e. The third-order valence-electron chi connectivity index (χ3n) is 4.07. The molecule has 2 aliphatic rings. The summed E-state index contributed by atoms with van der Waals surface area (Å²) in [5.74, 6) is 0.639. The monoisotopic (exact) mass is 290 g/mol. The van der Waals surface area contributed by atoms with Gasteiger partial charge in [-0.1, -0.05) is 12.8 Å². The number of halogens is 1. The maximum Gasteiger partial charge on any atom is 0.410 e. The minimum atomic E-state index is -0.428. The number of nitrogens with zero attached hydrogens (tertiary/aromatic N) is 1. The first-order chi connectivity index (χ1) is 8.42. The van der Waals surface area contributed by atoms with Gasteiger partial charge in [-0.05, 0) is 46.0 Å². The van der Waals surface area contributed by atoms with E-state index in [1.165, 1.54) is 19.3 Å². The van der Waals surface area contributed by atoms with Crippen molar-refractivity contribution in [2.24, 2.45) is 11.7 Å². The molecule has 5 heteroatoms. The van der Waals surface area contributed by atoms with Gasteiger partial charge in [0.2, 0.25) is 0 Å². The molecule has 2 fully saturated rings. The van der Waals surface area contributed by atoms with Crippen LogP contribution in [0.15, 0.2) is 0 Å². The second kappa shape index (κ2) is 6.31. The van der Waals surface area contributed by atoms with E-state index in [1.54, 1.807) is 0 Å². The number of rotatable bonds is 1. The summed E-state index contributed by atoms with van der Waals surface area (Å²) in [6, 6.07) is 0.537. The zero-order valence-corrected chi connectivity index (χ0v) is 13.0. The summed E-state index contributed by atoms with van der Waals surface area (Å²) >= 11 is 0. The molecular weight excluding hydrogens is 264 g/mol. The highest BCUT2D eigenvalue weighted by Crippen LogP contribution is 2.40. The van der Waals surface area contributed by atoms with E-state index in [1.807, 2.05) is 25.7 Å². The van der Waals surface area contributed by atoms with Crippen LogP contribution >= 0.6 is 12.4 Å². The van der Waals surface area contributed by atoms with Crippen molar-refractivity contribution >= 4 is 18.5 Å². The van der Waals surface area contributed by atoms with Crippen LogP contribution in [0.3, 0.4) is 0 Å². The van der Waals surface area contributed by atoms with Gasteiger partial charge >= 0.3 is 6.09 Å². The van der Waals surface area contributed by atoms with Crippen molar-refractivity contribution in [3.63, 3.8) is 0 Å². The van der Waals surface area contributed by atoms with Crippen molar-refractivity contribution in [2.45, 2.75) is 70.6 Å².